The predicted octanol–water partition coefficient (Wildman–Crippen LogP) is 0.978. The van der Waals surface area contributed by atoms with E-state index < -0.39 is 6.10 Å². The van der Waals surface area contributed by atoms with Gasteiger partial charge >= 0.3 is 0 Å². The van der Waals surface area contributed by atoms with Crippen molar-refractivity contribution in [2.45, 2.75) is 26.9 Å². The van der Waals surface area contributed by atoms with E-state index in [1.165, 1.54) is 6.92 Å². The number of aliphatic hydroxyl groups is 4. The highest BCUT2D eigenvalue weighted by Gasteiger charge is 1.83. The minimum atomic E-state index is -0.560. The summed E-state index contributed by atoms with van der Waals surface area (Å²) in [5.74, 6) is 0. The zero-order valence-corrected chi connectivity index (χ0v) is 12.5. The molecule has 1 unspecified atom stereocenters. The monoisotopic (exact) mass is 268 g/mol. The molecule has 114 valence electrons. The van der Waals surface area contributed by atoms with Crippen LogP contribution in [0, 0.1) is 0 Å². The standard InChI is InChI=1S/C3H8O2.2C3H6.C2H6O2.C2H6O/c1-3(5)2-4;2*1-3-2;3-1-2-4;1-3-2/h3-5H,2H2,1H3;2*3H,1H2,2H3;3-4H,1-2H2;1-2H3. The summed E-state index contributed by atoms with van der Waals surface area (Å²) in [7, 11) is 3.25. The summed E-state index contributed by atoms with van der Waals surface area (Å²) >= 11 is 0. The molecule has 0 fully saturated rings. The van der Waals surface area contributed by atoms with Crippen molar-refractivity contribution >= 4 is 0 Å². The highest BCUT2D eigenvalue weighted by Crippen LogP contribution is 1.68. The van der Waals surface area contributed by atoms with Crippen molar-refractivity contribution in [2.75, 3.05) is 34.0 Å². The van der Waals surface area contributed by atoms with Gasteiger partial charge in [-0.25, -0.2) is 0 Å². The van der Waals surface area contributed by atoms with Crippen molar-refractivity contribution in [3.8, 4) is 0 Å². The molecule has 0 spiro atoms. The van der Waals surface area contributed by atoms with Gasteiger partial charge in [-0.15, -0.1) is 13.2 Å². The molecule has 0 aromatic rings. The van der Waals surface area contributed by atoms with E-state index in [0.29, 0.717) is 0 Å². The Morgan fingerprint density at radius 3 is 1.11 bits per heavy atom. The van der Waals surface area contributed by atoms with Crippen molar-refractivity contribution in [1.82, 2.24) is 0 Å². The van der Waals surface area contributed by atoms with Gasteiger partial charge in [0.1, 0.15) is 0 Å². The Morgan fingerprint density at radius 2 is 1.11 bits per heavy atom. The van der Waals surface area contributed by atoms with Crippen LogP contribution in [0.5, 0.6) is 0 Å². The summed E-state index contributed by atoms with van der Waals surface area (Å²) in [6, 6.07) is 0. The van der Waals surface area contributed by atoms with E-state index in [1.54, 1.807) is 26.4 Å². The Morgan fingerprint density at radius 1 is 1.00 bits per heavy atom. The third-order valence-corrected chi connectivity index (χ3v) is 0.364. The summed E-state index contributed by atoms with van der Waals surface area (Å²) in [6.07, 6.45) is 2.94. The van der Waals surface area contributed by atoms with Gasteiger partial charge in [0.2, 0.25) is 0 Å². The summed E-state index contributed by atoms with van der Waals surface area (Å²) < 4.78 is 4.25. The first kappa shape index (κ1) is 30.4. The zero-order chi connectivity index (χ0) is 15.8. The molecule has 0 aliphatic carbocycles. The molecule has 0 heterocycles. The van der Waals surface area contributed by atoms with E-state index in [9.17, 15) is 0 Å². The molecule has 5 heteroatoms. The quantitative estimate of drug-likeness (QED) is 0.561. The summed E-state index contributed by atoms with van der Waals surface area (Å²) in [4.78, 5) is 0. The summed E-state index contributed by atoms with van der Waals surface area (Å²) in [6.45, 7) is 11.6. The molecule has 0 aromatic carbocycles. The van der Waals surface area contributed by atoms with Crippen LogP contribution in [0.25, 0.3) is 0 Å². The van der Waals surface area contributed by atoms with Crippen LogP contribution in [0.3, 0.4) is 0 Å². The van der Waals surface area contributed by atoms with Crippen molar-refractivity contribution in [3.05, 3.63) is 25.3 Å². The van der Waals surface area contributed by atoms with Gasteiger partial charge in [-0.1, -0.05) is 12.2 Å². The lowest BCUT2D eigenvalue weighted by molar-refractivity contribution is 0.110. The van der Waals surface area contributed by atoms with E-state index in [2.05, 4.69) is 17.9 Å². The molecule has 0 aromatic heterocycles. The topological polar surface area (TPSA) is 90.2 Å². The first-order valence-corrected chi connectivity index (χ1v) is 5.48. The minimum absolute atomic E-state index is 0.125. The first-order chi connectivity index (χ1) is 8.43. The first-order valence-electron chi connectivity index (χ1n) is 5.48. The number of ether oxygens (including phenoxy) is 1. The Labute approximate surface area is 112 Å². The molecule has 0 rings (SSSR count). The van der Waals surface area contributed by atoms with Gasteiger partial charge in [-0.2, -0.15) is 0 Å². The third kappa shape index (κ3) is 599. The molecule has 0 aliphatic rings. The van der Waals surface area contributed by atoms with Crippen LogP contribution >= 0.6 is 0 Å². The Balaban J connectivity index is -0.0000000400. The average molecular weight is 268 g/mol. The highest BCUT2D eigenvalue weighted by atomic mass is 16.4. The fraction of sp³-hybridized carbons (Fsp3) is 0.692. The van der Waals surface area contributed by atoms with Crippen LogP contribution in [0.4, 0.5) is 0 Å². The van der Waals surface area contributed by atoms with Gasteiger partial charge in [0.25, 0.3) is 0 Å². The van der Waals surface area contributed by atoms with Crippen molar-refractivity contribution < 1.29 is 25.2 Å². The van der Waals surface area contributed by atoms with Crippen LogP contribution in [0.15, 0.2) is 25.3 Å². The van der Waals surface area contributed by atoms with Crippen LogP contribution in [-0.2, 0) is 4.74 Å². The maximum atomic E-state index is 8.11. The Bertz CT molecular complexity index is 97.6. The van der Waals surface area contributed by atoms with Gasteiger partial charge < -0.3 is 25.2 Å². The summed E-state index contributed by atoms with van der Waals surface area (Å²) in [5, 5.41) is 31.3. The largest absolute Gasteiger partial charge is 0.394 e. The van der Waals surface area contributed by atoms with Gasteiger partial charge in [-0.3, -0.25) is 0 Å². The maximum Gasteiger partial charge on any atom is 0.0742 e. The lowest BCUT2D eigenvalue weighted by Crippen LogP contribution is -2.03. The second kappa shape index (κ2) is 55.4. The molecule has 18 heavy (non-hydrogen) atoms. The van der Waals surface area contributed by atoms with E-state index in [0.717, 1.165) is 0 Å². The lowest BCUT2D eigenvalue weighted by atomic mass is 10.5. The fourth-order valence-electron chi connectivity index (χ4n) is 0. The molecule has 0 aliphatic heterocycles. The minimum Gasteiger partial charge on any atom is -0.394 e. The zero-order valence-electron chi connectivity index (χ0n) is 12.5. The second-order valence-corrected chi connectivity index (χ2v) is 2.70. The van der Waals surface area contributed by atoms with Gasteiger partial charge in [0.05, 0.1) is 25.9 Å². The number of hydrogen-bond acceptors (Lipinski definition) is 5. The number of hydrogen-bond donors (Lipinski definition) is 4. The van der Waals surface area contributed by atoms with Crippen LogP contribution in [-0.4, -0.2) is 60.6 Å². The smallest absolute Gasteiger partial charge is 0.0742 e. The average Bonchev–Trinajstić information content (AvgIpc) is 2.32. The number of methoxy groups -OCH3 is 1. The van der Waals surface area contributed by atoms with E-state index in [4.69, 9.17) is 20.4 Å². The second-order valence-electron chi connectivity index (χ2n) is 2.70. The van der Waals surface area contributed by atoms with E-state index in [-0.39, 0.29) is 19.8 Å². The lowest BCUT2D eigenvalue weighted by Gasteiger charge is -1.90. The molecule has 0 radical (unpaired) electrons. The normalized spacial score (nSPS) is 8.28. The SMILES string of the molecule is C=CC.C=CC.CC(O)CO.COC.OCCO. The van der Waals surface area contributed by atoms with E-state index >= 15 is 0 Å². The van der Waals surface area contributed by atoms with Gasteiger partial charge in [0.15, 0.2) is 0 Å². The van der Waals surface area contributed by atoms with Gasteiger partial charge in [0, 0.05) is 14.2 Å². The highest BCUT2D eigenvalue weighted by molar-refractivity contribution is 4.51. The molecule has 4 N–H and O–H groups in total. The van der Waals surface area contributed by atoms with Crippen LogP contribution < -0.4 is 0 Å². The fourth-order valence-corrected chi connectivity index (χ4v) is 0. The molecule has 0 amide bonds. The molecule has 0 saturated heterocycles. The molecule has 5 nitrogen and oxygen atoms in total. The van der Waals surface area contributed by atoms with Crippen molar-refractivity contribution in [1.29, 1.82) is 0 Å². The van der Waals surface area contributed by atoms with Crippen molar-refractivity contribution in [2.24, 2.45) is 0 Å². The number of allylic oxidation sites excluding steroid dienone is 2. The third-order valence-electron chi connectivity index (χ3n) is 0.364. The molecule has 0 saturated carbocycles. The molecule has 1 atom stereocenters. The van der Waals surface area contributed by atoms with Crippen molar-refractivity contribution in [3.63, 3.8) is 0 Å². The Hall–Kier alpha value is -0.720. The predicted molar refractivity (Wildman–Crippen MR) is 77.6 cm³/mol. The van der Waals surface area contributed by atoms with Crippen LogP contribution in [0.2, 0.25) is 0 Å². The molecular formula is C13H32O5. The maximum absolute atomic E-state index is 8.11. The van der Waals surface area contributed by atoms with E-state index in [1.807, 2.05) is 13.8 Å². The Kier molecular flexibility index (Phi) is 93.5. The summed E-state index contributed by atoms with van der Waals surface area (Å²) in [5.41, 5.74) is 0. The number of aliphatic hydroxyl groups excluding tert-OH is 4. The molecular weight excluding hydrogens is 236 g/mol. The van der Waals surface area contributed by atoms with Crippen LogP contribution in [0.1, 0.15) is 20.8 Å². The van der Waals surface area contributed by atoms with Gasteiger partial charge in [-0.05, 0) is 20.8 Å². The number of rotatable bonds is 2. The molecule has 0 bridgehead atoms.